The number of nitrogens with one attached hydrogen (secondary N) is 2. The van der Waals surface area contributed by atoms with Gasteiger partial charge in [-0.25, -0.2) is 13.1 Å². The van der Waals surface area contributed by atoms with Crippen molar-refractivity contribution in [2.45, 2.75) is 29.8 Å². The van der Waals surface area contributed by atoms with E-state index in [9.17, 15) is 21.6 Å². The van der Waals surface area contributed by atoms with Crippen molar-refractivity contribution >= 4 is 21.4 Å². The van der Waals surface area contributed by atoms with Crippen molar-refractivity contribution in [2.24, 2.45) is 0 Å². The van der Waals surface area contributed by atoms with Crippen LogP contribution in [-0.4, -0.2) is 28.2 Å². The van der Waals surface area contributed by atoms with Gasteiger partial charge in [0.05, 0.1) is 0 Å². The van der Waals surface area contributed by atoms with E-state index in [0.717, 1.165) is 16.2 Å². The van der Waals surface area contributed by atoms with Gasteiger partial charge < -0.3 is 5.32 Å². The van der Waals surface area contributed by atoms with Crippen molar-refractivity contribution in [1.29, 1.82) is 0 Å². The smallest absolute Gasteiger partial charge is 0.315 e. The van der Waals surface area contributed by atoms with Crippen LogP contribution in [0.4, 0.5) is 13.2 Å². The molecule has 1 aromatic heterocycles. The van der Waals surface area contributed by atoms with Crippen molar-refractivity contribution < 1.29 is 21.6 Å². The number of halogens is 3. The highest BCUT2D eigenvalue weighted by molar-refractivity contribution is 7.91. The number of rotatable bonds is 7. The van der Waals surface area contributed by atoms with Crippen LogP contribution >= 0.6 is 11.3 Å². The van der Waals surface area contributed by atoms with Gasteiger partial charge in [0.2, 0.25) is 10.0 Å². The van der Waals surface area contributed by atoms with Gasteiger partial charge in [-0.1, -0.05) is 0 Å². The Labute approximate surface area is 114 Å². The van der Waals surface area contributed by atoms with Crippen molar-refractivity contribution in [3.63, 3.8) is 0 Å². The summed E-state index contributed by atoms with van der Waals surface area (Å²) in [5, 5.41) is 2.89. The molecule has 2 N–H and O–H groups in total. The largest absolute Gasteiger partial charge is 0.389 e. The van der Waals surface area contributed by atoms with E-state index in [0.29, 0.717) is 6.54 Å². The molecule has 1 aromatic rings. The summed E-state index contributed by atoms with van der Waals surface area (Å²) >= 11 is 1.09. The van der Waals surface area contributed by atoms with Gasteiger partial charge in [-0.3, -0.25) is 0 Å². The second-order valence-electron chi connectivity index (χ2n) is 3.87. The lowest BCUT2D eigenvalue weighted by Gasteiger charge is -2.07. The first-order valence-electron chi connectivity index (χ1n) is 5.54. The normalized spacial score (nSPS) is 12.8. The van der Waals surface area contributed by atoms with Crippen LogP contribution in [0.25, 0.3) is 0 Å². The average molecular weight is 316 g/mol. The zero-order valence-corrected chi connectivity index (χ0v) is 11.9. The molecule has 0 spiro atoms. The van der Waals surface area contributed by atoms with Crippen LogP contribution in [-0.2, 0) is 16.6 Å². The lowest BCUT2D eigenvalue weighted by atomic mass is 10.3. The summed E-state index contributed by atoms with van der Waals surface area (Å²) < 4.78 is 61.5. The molecular weight excluding hydrogens is 301 g/mol. The van der Waals surface area contributed by atoms with Crippen LogP contribution in [0.1, 0.15) is 17.7 Å². The van der Waals surface area contributed by atoms with Crippen molar-refractivity contribution in [2.75, 3.05) is 13.6 Å². The maximum Gasteiger partial charge on any atom is 0.389 e. The summed E-state index contributed by atoms with van der Waals surface area (Å²) in [4.78, 5) is 0.846. The van der Waals surface area contributed by atoms with Gasteiger partial charge >= 0.3 is 6.18 Å². The maximum atomic E-state index is 11.9. The molecule has 110 valence electrons. The van der Waals surface area contributed by atoms with Gasteiger partial charge in [0.25, 0.3) is 0 Å². The predicted molar refractivity (Wildman–Crippen MR) is 67.6 cm³/mol. The molecule has 9 heteroatoms. The third-order valence-electron chi connectivity index (χ3n) is 2.18. The number of sulfonamides is 1. The highest BCUT2D eigenvalue weighted by atomic mass is 32.2. The second-order valence-corrected chi connectivity index (χ2v) is 7.03. The standard InChI is InChI=1S/C10H15F3N2O2S2/c1-14-7-8-3-4-9(18-8)19(16,17)15-6-2-5-10(11,12)13/h3-4,14-15H,2,5-7H2,1H3. The Hall–Kier alpha value is -0.640. The Bertz CT molecular complexity index is 497. The van der Waals surface area contributed by atoms with E-state index in [1.54, 1.807) is 13.1 Å². The molecule has 4 nitrogen and oxygen atoms in total. The zero-order valence-electron chi connectivity index (χ0n) is 10.3. The Morgan fingerprint density at radius 3 is 2.58 bits per heavy atom. The molecular formula is C10H15F3N2O2S2. The molecule has 0 aliphatic rings. The first-order valence-corrected chi connectivity index (χ1v) is 7.84. The fourth-order valence-corrected chi connectivity index (χ4v) is 3.82. The van der Waals surface area contributed by atoms with E-state index >= 15 is 0 Å². The number of thiophene rings is 1. The van der Waals surface area contributed by atoms with E-state index in [1.165, 1.54) is 6.07 Å². The molecule has 0 amide bonds. The monoisotopic (exact) mass is 316 g/mol. The summed E-state index contributed by atoms with van der Waals surface area (Å²) in [6, 6.07) is 3.12. The van der Waals surface area contributed by atoms with Crippen LogP contribution in [0.3, 0.4) is 0 Å². The highest BCUT2D eigenvalue weighted by Gasteiger charge is 2.26. The second kappa shape index (κ2) is 6.69. The van der Waals surface area contributed by atoms with Gasteiger partial charge in [0.1, 0.15) is 4.21 Å². The van der Waals surface area contributed by atoms with Crippen LogP contribution < -0.4 is 10.0 Å². The molecule has 0 bridgehead atoms. The molecule has 0 saturated heterocycles. The fourth-order valence-electron chi connectivity index (χ4n) is 1.34. The summed E-state index contributed by atoms with van der Waals surface area (Å²) in [6.45, 7) is 0.329. The molecule has 0 aliphatic carbocycles. The summed E-state index contributed by atoms with van der Waals surface area (Å²) in [6.07, 6.45) is -5.52. The minimum atomic E-state index is -4.26. The summed E-state index contributed by atoms with van der Waals surface area (Å²) in [5.74, 6) is 0. The Kier molecular flexibility index (Phi) is 5.78. The van der Waals surface area contributed by atoms with Gasteiger partial charge in [-0.15, -0.1) is 11.3 Å². The summed E-state index contributed by atoms with van der Waals surface area (Å²) in [7, 11) is -1.96. The van der Waals surface area contributed by atoms with Crippen LogP contribution in [0.2, 0.25) is 0 Å². The predicted octanol–water partition coefficient (Wildman–Crippen LogP) is 2.09. The van der Waals surface area contributed by atoms with Crippen LogP contribution in [0.15, 0.2) is 16.3 Å². The fraction of sp³-hybridized carbons (Fsp3) is 0.600. The molecule has 0 aliphatic heterocycles. The minimum absolute atomic E-state index is 0.116. The van der Waals surface area contributed by atoms with Gasteiger partial charge in [0, 0.05) is 24.4 Å². The SMILES string of the molecule is CNCc1ccc(S(=O)(=O)NCCCC(F)(F)F)s1. The number of hydrogen-bond donors (Lipinski definition) is 2. The molecule has 0 atom stereocenters. The molecule has 0 aromatic carbocycles. The molecule has 1 rings (SSSR count). The molecule has 0 saturated carbocycles. The minimum Gasteiger partial charge on any atom is -0.315 e. The third kappa shape index (κ3) is 5.89. The van der Waals surface area contributed by atoms with Gasteiger partial charge in [-0.05, 0) is 25.6 Å². The topological polar surface area (TPSA) is 58.2 Å². The molecule has 0 unspecified atom stereocenters. The van der Waals surface area contributed by atoms with Crippen molar-refractivity contribution in [3.05, 3.63) is 17.0 Å². The maximum absolute atomic E-state index is 11.9. The summed E-state index contributed by atoms with van der Waals surface area (Å²) in [5.41, 5.74) is 0. The van der Waals surface area contributed by atoms with E-state index in [-0.39, 0.29) is 17.2 Å². The Balaban J connectivity index is 2.51. The first-order chi connectivity index (χ1) is 8.74. The Morgan fingerprint density at radius 1 is 1.32 bits per heavy atom. The van der Waals surface area contributed by atoms with Gasteiger partial charge in [-0.2, -0.15) is 13.2 Å². The number of alkyl halides is 3. The molecule has 0 radical (unpaired) electrons. The van der Waals surface area contributed by atoms with Crippen LogP contribution in [0, 0.1) is 0 Å². The molecule has 1 heterocycles. The van der Waals surface area contributed by atoms with Gasteiger partial charge in [0.15, 0.2) is 0 Å². The van der Waals surface area contributed by atoms with Crippen molar-refractivity contribution in [3.8, 4) is 0 Å². The van der Waals surface area contributed by atoms with E-state index in [4.69, 9.17) is 0 Å². The average Bonchev–Trinajstić information content (AvgIpc) is 2.73. The van der Waals surface area contributed by atoms with Crippen molar-refractivity contribution in [1.82, 2.24) is 10.0 Å². The van der Waals surface area contributed by atoms with Crippen LogP contribution in [0.5, 0.6) is 0 Å². The molecule has 19 heavy (non-hydrogen) atoms. The highest BCUT2D eigenvalue weighted by Crippen LogP contribution is 2.22. The Morgan fingerprint density at radius 2 is 2.00 bits per heavy atom. The lowest BCUT2D eigenvalue weighted by Crippen LogP contribution is -2.25. The quantitative estimate of drug-likeness (QED) is 0.757. The third-order valence-corrected chi connectivity index (χ3v) is 5.22. The lowest BCUT2D eigenvalue weighted by molar-refractivity contribution is -0.135. The van der Waals surface area contributed by atoms with E-state index in [1.807, 2.05) is 0 Å². The molecule has 0 fully saturated rings. The van der Waals surface area contributed by atoms with E-state index < -0.39 is 22.6 Å². The number of hydrogen-bond acceptors (Lipinski definition) is 4. The first kappa shape index (κ1) is 16.4. The van der Waals surface area contributed by atoms with E-state index in [2.05, 4.69) is 10.0 Å². The zero-order chi connectivity index (χ0) is 14.5.